The fourth-order valence-corrected chi connectivity index (χ4v) is 4.85. The Balaban J connectivity index is 2.28. The number of esters is 1. The number of methoxy groups -OCH3 is 1. The van der Waals surface area contributed by atoms with E-state index in [4.69, 9.17) is 18.9 Å². The molecule has 0 saturated carbocycles. The Morgan fingerprint density at radius 3 is 2.27 bits per heavy atom. The van der Waals surface area contributed by atoms with Crippen LogP contribution in [0.4, 0.5) is 14.4 Å². The summed E-state index contributed by atoms with van der Waals surface area (Å²) in [6, 6.07) is -1.76. The molecule has 2 bridgehead atoms. The van der Waals surface area contributed by atoms with Crippen LogP contribution in [0.5, 0.6) is 0 Å². The van der Waals surface area contributed by atoms with Crippen molar-refractivity contribution in [1.82, 2.24) is 15.3 Å². The van der Waals surface area contributed by atoms with Crippen LogP contribution in [-0.4, -0.2) is 82.1 Å². The van der Waals surface area contributed by atoms with Crippen LogP contribution in [-0.2, 0) is 23.7 Å². The molecule has 0 radical (unpaired) electrons. The van der Waals surface area contributed by atoms with E-state index in [1.165, 1.54) is 24.3 Å². The molecule has 2 N–H and O–H groups in total. The Kier molecular flexibility index (Phi) is 11.4. The number of aliphatic imine (C=N–C) groups is 1. The Bertz CT molecular complexity index is 1360. The second-order valence-electron chi connectivity index (χ2n) is 12.6. The van der Waals surface area contributed by atoms with E-state index in [1.807, 2.05) is 0 Å². The maximum atomic E-state index is 13.9. The molecule has 0 aromatic heterocycles. The van der Waals surface area contributed by atoms with Gasteiger partial charge in [-0.3, -0.25) is 10.1 Å². The highest BCUT2D eigenvalue weighted by Gasteiger charge is 2.39. The van der Waals surface area contributed by atoms with Crippen molar-refractivity contribution < 1.29 is 43.3 Å². The van der Waals surface area contributed by atoms with E-state index < -0.39 is 47.5 Å². The van der Waals surface area contributed by atoms with Crippen molar-refractivity contribution in [3.8, 4) is 0 Å². The molecule has 0 spiro atoms. The number of hydrogen-bond acceptors (Lipinski definition) is 10. The quantitative estimate of drug-likeness (QED) is 0.294. The summed E-state index contributed by atoms with van der Waals surface area (Å²) in [4.78, 5) is 57.5. The maximum Gasteiger partial charge on any atom is 0.433 e. The highest BCUT2D eigenvalue weighted by molar-refractivity contribution is 6.11. The van der Waals surface area contributed by atoms with Gasteiger partial charge >= 0.3 is 24.2 Å². The Labute approximate surface area is 263 Å². The molecule has 246 valence electrons. The Morgan fingerprint density at radius 2 is 1.64 bits per heavy atom. The highest BCUT2D eigenvalue weighted by Crippen LogP contribution is 2.34. The van der Waals surface area contributed by atoms with Crippen molar-refractivity contribution in [2.45, 2.75) is 97.4 Å². The summed E-state index contributed by atoms with van der Waals surface area (Å²) in [5.74, 6) is -0.632. The number of amides is 3. The molecule has 0 saturated heterocycles. The van der Waals surface area contributed by atoms with Gasteiger partial charge in [-0.15, -0.1) is 0 Å². The van der Waals surface area contributed by atoms with Gasteiger partial charge in [0.05, 0.1) is 36.9 Å². The van der Waals surface area contributed by atoms with Crippen molar-refractivity contribution in [3.63, 3.8) is 0 Å². The van der Waals surface area contributed by atoms with Gasteiger partial charge in [-0.05, 0) is 91.2 Å². The molecule has 0 unspecified atom stereocenters. The third-order valence-corrected chi connectivity index (χ3v) is 6.64. The summed E-state index contributed by atoms with van der Waals surface area (Å²) in [5.41, 5.74) is 0.0834. The lowest BCUT2D eigenvalue weighted by atomic mass is 9.91. The molecule has 45 heavy (non-hydrogen) atoms. The Morgan fingerprint density at radius 1 is 0.978 bits per heavy atom. The number of ether oxygens (including phenoxy) is 4. The summed E-state index contributed by atoms with van der Waals surface area (Å²) < 4.78 is 21.4. The number of nitrogens with zero attached hydrogens (tertiary/aromatic N) is 3. The van der Waals surface area contributed by atoms with Gasteiger partial charge in [-0.2, -0.15) is 4.99 Å². The van der Waals surface area contributed by atoms with Crippen LogP contribution in [0.25, 0.3) is 0 Å². The lowest BCUT2D eigenvalue weighted by Gasteiger charge is -2.36. The van der Waals surface area contributed by atoms with Crippen molar-refractivity contribution in [2.75, 3.05) is 13.7 Å². The zero-order chi connectivity index (χ0) is 33.5. The zero-order valence-corrected chi connectivity index (χ0v) is 27.2. The van der Waals surface area contributed by atoms with Crippen LogP contribution in [0.15, 0.2) is 64.1 Å². The predicted molar refractivity (Wildman–Crippen MR) is 165 cm³/mol. The average Bonchev–Trinajstić information content (AvgIpc) is 2.92. The van der Waals surface area contributed by atoms with Gasteiger partial charge in [-0.1, -0.05) is 18.9 Å². The molecule has 13 nitrogen and oxygen atoms in total. The molecule has 0 aromatic rings. The van der Waals surface area contributed by atoms with Crippen LogP contribution in [0.2, 0.25) is 0 Å². The number of fused-ring (bicyclic) bond motifs is 2. The number of carbonyl (C=O) groups excluding carboxylic acids is 4. The van der Waals surface area contributed by atoms with E-state index in [0.717, 1.165) is 5.06 Å². The first-order valence-electron chi connectivity index (χ1n) is 14.9. The van der Waals surface area contributed by atoms with E-state index in [0.29, 0.717) is 36.1 Å². The normalized spacial score (nSPS) is 21.5. The first kappa shape index (κ1) is 35.1. The smallest absolute Gasteiger partial charge is 0.433 e. The molecule has 3 aliphatic rings. The molecular weight excluding hydrogens is 584 g/mol. The van der Waals surface area contributed by atoms with Crippen molar-refractivity contribution in [3.05, 3.63) is 59.1 Å². The molecule has 3 amide bonds. The van der Waals surface area contributed by atoms with Crippen molar-refractivity contribution >= 4 is 30.0 Å². The summed E-state index contributed by atoms with van der Waals surface area (Å²) in [6.07, 6.45) is 8.58. The molecule has 3 rings (SSSR count). The summed E-state index contributed by atoms with van der Waals surface area (Å²) in [7, 11) is 1.20. The van der Waals surface area contributed by atoms with Crippen molar-refractivity contribution in [2.24, 2.45) is 4.99 Å². The van der Waals surface area contributed by atoms with Gasteiger partial charge < -0.3 is 24.3 Å². The standard InChI is InChI=1S/C32H44N4O9/c1-9-43-27(37)24-13-11-10-12-23(34-29(39)44-31(2,3)4)26-18-20(16-17-35(26)41)22-15-14-21(33-28(38)42-8)19-25(22)36(24)30(40)45-32(5,6)7/h14-19,23-24,41H,9-13H2,1-8H3,(H,34,39)/t23-,24+/m0/s1. The molecule has 2 heterocycles. The predicted octanol–water partition coefficient (Wildman–Crippen LogP) is 5.68. The van der Waals surface area contributed by atoms with E-state index in [2.05, 4.69) is 10.3 Å². The van der Waals surface area contributed by atoms with Gasteiger partial charge in [0.15, 0.2) is 0 Å². The average molecular weight is 629 g/mol. The SMILES string of the molecule is CCOC(=O)[C@H]1CCCC[C@H](NC(=O)OC(C)(C)C)C2=CC(=C3C=CC(=NC(=O)OC)C=C3N1C(=O)OC(C)(C)C)C=CN2O. The number of alkyl carbamates (subject to hydrolysis) is 1. The zero-order valence-electron chi connectivity index (χ0n) is 27.2. The van der Waals surface area contributed by atoms with Crippen LogP contribution in [0.1, 0.15) is 74.1 Å². The second-order valence-corrected chi connectivity index (χ2v) is 12.6. The van der Waals surface area contributed by atoms with E-state index >= 15 is 0 Å². The number of hydroxylamine groups is 2. The molecule has 0 fully saturated rings. The topological polar surface area (TPSA) is 156 Å². The van der Waals surface area contributed by atoms with Gasteiger partial charge in [-0.25, -0.2) is 24.2 Å². The van der Waals surface area contributed by atoms with Gasteiger partial charge in [0.25, 0.3) is 0 Å². The molecule has 2 aliphatic heterocycles. The second kappa shape index (κ2) is 14.6. The minimum Gasteiger partial charge on any atom is -0.464 e. The third kappa shape index (κ3) is 9.80. The third-order valence-electron chi connectivity index (χ3n) is 6.64. The first-order valence-corrected chi connectivity index (χ1v) is 14.9. The van der Waals surface area contributed by atoms with Crippen LogP contribution >= 0.6 is 0 Å². The summed E-state index contributed by atoms with van der Waals surface area (Å²) in [5, 5.41) is 14.6. The summed E-state index contributed by atoms with van der Waals surface area (Å²) in [6.45, 7) is 12.2. The molecular formula is C32H44N4O9. The van der Waals surface area contributed by atoms with Crippen LogP contribution in [0, 0.1) is 0 Å². The number of hydrogen-bond donors (Lipinski definition) is 2. The number of carbonyl (C=O) groups is 4. The number of allylic oxidation sites excluding steroid dienone is 6. The Hall–Kier alpha value is -4.39. The minimum absolute atomic E-state index is 0.0858. The molecule has 13 heteroatoms. The lowest BCUT2D eigenvalue weighted by Crippen LogP contribution is -2.48. The van der Waals surface area contributed by atoms with Gasteiger partial charge in [0.2, 0.25) is 0 Å². The molecule has 1 aliphatic carbocycles. The van der Waals surface area contributed by atoms with Gasteiger partial charge in [0.1, 0.15) is 17.2 Å². The van der Waals surface area contributed by atoms with E-state index in [1.54, 1.807) is 72.8 Å². The monoisotopic (exact) mass is 628 g/mol. The highest BCUT2D eigenvalue weighted by atomic mass is 16.6. The van der Waals surface area contributed by atoms with Gasteiger partial charge in [0, 0.05) is 11.8 Å². The lowest BCUT2D eigenvalue weighted by molar-refractivity contribution is -0.149. The number of nitrogens with one attached hydrogen (secondary N) is 1. The van der Waals surface area contributed by atoms with Crippen LogP contribution in [0.3, 0.4) is 0 Å². The van der Waals surface area contributed by atoms with E-state index in [9.17, 15) is 24.4 Å². The fourth-order valence-electron chi connectivity index (χ4n) is 4.85. The van der Waals surface area contributed by atoms with Crippen molar-refractivity contribution in [1.29, 1.82) is 0 Å². The molecule has 2 atom stereocenters. The van der Waals surface area contributed by atoms with Crippen LogP contribution < -0.4 is 5.32 Å². The fraction of sp³-hybridized carbons (Fsp3) is 0.531. The maximum absolute atomic E-state index is 13.9. The summed E-state index contributed by atoms with van der Waals surface area (Å²) >= 11 is 0. The number of rotatable bonds is 3. The molecule has 0 aromatic carbocycles. The largest absolute Gasteiger partial charge is 0.464 e. The minimum atomic E-state index is -1.10. The van der Waals surface area contributed by atoms with E-state index in [-0.39, 0.29) is 24.4 Å². The first-order chi connectivity index (χ1) is 21.0.